The highest BCUT2D eigenvalue weighted by Gasteiger charge is 2.07. The van der Waals surface area contributed by atoms with Gasteiger partial charge in [-0.05, 0) is 37.1 Å². The number of methoxy groups -OCH3 is 2. The first-order valence-electron chi connectivity index (χ1n) is 7.46. The first-order valence-corrected chi connectivity index (χ1v) is 7.46. The molecule has 0 unspecified atom stereocenters. The lowest BCUT2D eigenvalue weighted by Crippen LogP contribution is -2.07. The molecule has 1 aromatic carbocycles. The van der Waals surface area contributed by atoms with E-state index in [1.807, 2.05) is 31.2 Å². The molecule has 3 aromatic rings. The summed E-state index contributed by atoms with van der Waals surface area (Å²) in [7, 11) is 3.28. The molecule has 0 aliphatic carbocycles. The van der Waals surface area contributed by atoms with Crippen molar-refractivity contribution >= 4 is 16.9 Å². The molecule has 0 aliphatic heterocycles. The summed E-state index contributed by atoms with van der Waals surface area (Å²) in [6.07, 6.45) is 2.42. The normalized spacial score (nSPS) is 10.7. The van der Waals surface area contributed by atoms with E-state index in [-0.39, 0.29) is 0 Å². The smallest absolute Gasteiger partial charge is 0.160 e. The van der Waals surface area contributed by atoms with Crippen molar-refractivity contribution in [2.45, 2.75) is 13.3 Å². The molecule has 0 saturated heterocycles. The molecule has 0 radical (unpaired) electrons. The number of aromatic amines is 1. The van der Waals surface area contributed by atoms with Gasteiger partial charge in [-0.25, -0.2) is 9.97 Å². The SMILES string of the molecule is COc1ccc(CCNc2ncnc3[nH]c(C)cc23)cc1OC. The average Bonchev–Trinajstić information content (AvgIpc) is 2.95. The molecular formula is C17H20N4O2. The fraction of sp³-hybridized carbons (Fsp3) is 0.294. The second-order valence-corrected chi connectivity index (χ2v) is 5.30. The second kappa shape index (κ2) is 6.56. The minimum absolute atomic E-state index is 0.740. The zero-order valence-corrected chi connectivity index (χ0v) is 13.5. The van der Waals surface area contributed by atoms with Crippen LogP contribution in [0.25, 0.3) is 11.0 Å². The van der Waals surface area contributed by atoms with Crippen LogP contribution in [0, 0.1) is 6.92 Å². The van der Waals surface area contributed by atoms with Gasteiger partial charge in [0.25, 0.3) is 0 Å². The summed E-state index contributed by atoms with van der Waals surface area (Å²) in [5, 5.41) is 4.38. The largest absolute Gasteiger partial charge is 0.493 e. The number of nitrogens with zero attached hydrogens (tertiary/aromatic N) is 2. The molecule has 2 heterocycles. The number of benzene rings is 1. The number of ether oxygens (including phenoxy) is 2. The molecule has 2 aromatic heterocycles. The number of anilines is 1. The Morgan fingerprint density at radius 3 is 2.70 bits per heavy atom. The zero-order valence-electron chi connectivity index (χ0n) is 13.5. The third kappa shape index (κ3) is 3.21. The van der Waals surface area contributed by atoms with Crippen LogP contribution in [-0.2, 0) is 6.42 Å². The van der Waals surface area contributed by atoms with E-state index in [9.17, 15) is 0 Å². The average molecular weight is 312 g/mol. The van der Waals surface area contributed by atoms with Gasteiger partial charge in [0.05, 0.1) is 19.6 Å². The molecule has 0 saturated carbocycles. The van der Waals surface area contributed by atoms with Crippen LogP contribution in [0.5, 0.6) is 11.5 Å². The Bertz CT molecular complexity index is 813. The topological polar surface area (TPSA) is 72.1 Å². The van der Waals surface area contributed by atoms with Gasteiger partial charge < -0.3 is 19.8 Å². The lowest BCUT2D eigenvalue weighted by molar-refractivity contribution is 0.354. The number of rotatable bonds is 6. The fourth-order valence-corrected chi connectivity index (χ4v) is 2.57. The predicted octanol–water partition coefficient (Wildman–Crippen LogP) is 2.94. The molecule has 0 atom stereocenters. The molecule has 3 rings (SSSR count). The standard InChI is InChI=1S/C17H20N4O2/c1-11-8-13-16(19-10-20-17(13)21-11)18-7-6-12-4-5-14(22-2)15(9-12)23-3/h4-5,8-10H,6-7H2,1-3H3,(H2,18,19,20,21). The second-order valence-electron chi connectivity index (χ2n) is 5.30. The van der Waals surface area contributed by atoms with Crippen LogP contribution in [0.2, 0.25) is 0 Å². The Balaban J connectivity index is 1.69. The van der Waals surface area contributed by atoms with Crippen LogP contribution in [0.3, 0.4) is 0 Å². The van der Waals surface area contributed by atoms with Crippen LogP contribution in [-0.4, -0.2) is 35.7 Å². The van der Waals surface area contributed by atoms with E-state index >= 15 is 0 Å². The first-order chi connectivity index (χ1) is 11.2. The molecule has 0 amide bonds. The van der Waals surface area contributed by atoms with Crippen molar-refractivity contribution in [3.05, 3.63) is 41.9 Å². The van der Waals surface area contributed by atoms with Crippen LogP contribution < -0.4 is 14.8 Å². The van der Waals surface area contributed by atoms with Crippen molar-refractivity contribution in [1.29, 1.82) is 0 Å². The van der Waals surface area contributed by atoms with E-state index in [0.29, 0.717) is 0 Å². The van der Waals surface area contributed by atoms with Gasteiger partial charge in [-0.2, -0.15) is 0 Å². The minimum atomic E-state index is 0.740. The summed E-state index contributed by atoms with van der Waals surface area (Å²) in [5.74, 6) is 2.33. The fourth-order valence-electron chi connectivity index (χ4n) is 2.57. The van der Waals surface area contributed by atoms with Crippen LogP contribution in [0.1, 0.15) is 11.3 Å². The number of hydrogen-bond donors (Lipinski definition) is 2. The van der Waals surface area contributed by atoms with Gasteiger partial charge in [0.1, 0.15) is 17.8 Å². The maximum Gasteiger partial charge on any atom is 0.160 e. The highest BCUT2D eigenvalue weighted by molar-refractivity contribution is 5.87. The first kappa shape index (κ1) is 15.1. The van der Waals surface area contributed by atoms with Gasteiger partial charge in [-0.3, -0.25) is 0 Å². The highest BCUT2D eigenvalue weighted by Crippen LogP contribution is 2.27. The monoisotopic (exact) mass is 312 g/mol. The van der Waals surface area contributed by atoms with Gasteiger partial charge in [0, 0.05) is 12.2 Å². The third-order valence-corrected chi connectivity index (χ3v) is 3.71. The maximum absolute atomic E-state index is 5.33. The van der Waals surface area contributed by atoms with Crippen molar-refractivity contribution in [3.63, 3.8) is 0 Å². The van der Waals surface area contributed by atoms with Crippen molar-refractivity contribution in [3.8, 4) is 11.5 Å². The summed E-state index contributed by atoms with van der Waals surface area (Å²) in [6.45, 7) is 2.78. The molecule has 23 heavy (non-hydrogen) atoms. The van der Waals surface area contributed by atoms with E-state index < -0.39 is 0 Å². The lowest BCUT2D eigenvalue weighted by atomic mass is 10.1. The van der Waals surface area contributed by atoms with Gasteiger partial charge in [0.2, 0.25) is 0 Å². The Labute approximate surface area is 134 Å². The van der Waals surface area contributed by atoms with Gasteiger partial charge in [-0.1, -0.05) is 6.07 Å². The van der Waals surface area contributed by atoms with E-state index in [2.05, 4.69) is 20.3 Å². The molecule has 0 bridgehead atoms. The molecule has 6 heteroatoms. The predicted molar refractivity (Wildman–Crippen MR) is 90.4 cm³/mol. The van der Waals surface area contributed by atoms with Crippen LogP contribution >= 0.6 is 0 Å². The number of hydrogen-bond acceptors (Lipinski definition) is 5. The number of fused-ring (bicyclic) bond motifs is 1. The number of aromatic nitrogens is 3. The molecule has 120 valence electrons. The summed E-state index contributed by atoms with van der Waals surface area (Å²) in [4.78, 5) is 11.8. The lowest BCUT2D eigenvalue weighted by Gasteiger charge is -2.10. The van der Waals surface area contributed by atoms with Gasteiger partial charge >= 0.3 is 0 Å². The maximum atomic E-state index is 5.33. The summed E-state index contributed by atoms with van der Waals surface area (Å²) in [5.41, 5.74) is 3.10. The van der Waals surface area contributed by atoms with Crippen molar-refractivity contribution in [1.82, 2.24) is 15.0 Å². The van der Waals surface area contributed by atoms with E-state index in [4.69, 9.17) is 9.47 Å². The molecule has 0 aliphatic rings. The molecule has 2 N–H and O–H groups in total. The minimum Gasteiger partial charge on any atom is -0.493 e. The van der Waals surface area contributed by atoms with Crippen molar-refractivity contribution in [2.24, 2.45) is 0 Å². The number of aryl methyl sites for hydroxylation is 1. The zero-order chi connectivity index (χ0) is 16.2. The molecular weight excluding hydrogens is 292 g/mol. The molecule has 6 nitrogen and oxygen atoms in total. The quantitative estimate of drug-likeness (QED) is 0.732. The molecule has 0 spiro atoms. The third-order valence-electron chi connectivity index (χ3n) is 3.71. The highest BCUT2D eigenvalue weighted by atomic mass is 16.5. The Morgan fingerprint density at radius 1 is 1.09 bits per heavy atom. The van der Waals surface area contributed by atoms with E-state index in [1.165, 1.54) is 5.56 Å². The van der Waals surface area contributed by atoms with Crippen molar-refractivity contribution in [2.75, 3.05) is 26.1 Å². The van der Waals surface area contributed by atoms with E-state index in [1.54, 1.807) is 20.5 Å². The van der Waals surface area contributed by atoms with Crippen molar-refractivity contribution < 1.29 is 9.47 Å². The summed E-state index contributed by atoms with van der Waals surface area (Å²) in [6, 6.07) is 8.01. The van der Waals surface area contributed by atoms with E-state index in [0.717, 1.165) is 47.0 Å². The molecule has 0 fully saturated rings. The summed E-state index contributed by atoms with van der Waals surface area (Å²) >= 11 is 0. The Morgan fingerprint density at radius 2 is 1.91 bits per heavy atom. The summed E-state index contributed by atoms with van der Waals surface area (Å²) < 4.78 is 10.6. The Hall–Kier alpha value is -2.76. The Kier molecular flexibility index (Phi) is 4.32. The van der Waals surface area contributed by atoms with Crippen LogP contribution in [0.15, 0.2) is 30.6 Å². The van der Waals surface area contributed by atoms with Gasteiger partial charge in [0.15, 0.2) is 11.5 Å². The van der Waals surface area contributed by atoms with Crippen LogP contribution in [0.4, 0.5) is 5.82 Å². The van der Waals surface area contributed by atoms with Gasteiger partial charge in [-0.15, -0.1) is 0 Å². The number of nitrogens with one attached hydrogen (secondary N) is 2. The number of H-pyrrole nitrogens is 1.